The van der Waals surface area contributed by atoms with Crippen molar-refractivity contribution >= 4 is 17.2 Å². The second-order valence-corrected chi connectivity index (χ2v) is 7.84. The molecule has 1 fully saturated rings. The molecule has 1 saturated carbocycles. The molecule has 0 bridgehead atoms. The van der Waals surface area contributed by atoms with Gasteiger partial charge in [0.1, 0.15) is 17.0 Å². The SMILES string of the molecule is O=C(NCC1(c2ccc(F)cc2)CCCCC1)c1sccc1-n1cnnn1. The van der Waals surface area contributed by atoms with Crippen LogP contribution >= 0.6 is 11.3 Å². The van der Waals surface area contributed by atoms with Crippen LogP contribution in [0, 0.1) is 5.82 Å². The zero-order valence-corrected chi connectivity index (χ0v) is 15.6. The fourth-order valence-corrected chi connectivity index (χ4v) is 4.65. The Kier molecular flexibility index (Phi) is 4.98. The molecule has 2 aromatic heterocycles. The summed E-state index contributed by atoms with van der Waals surface area (Å²) in [5.74, 6) is -0.374. The summed E-state index contributed by atoms with van der Waals surface area (Å²) in [6, 6.07) is 8.53. The van der Waals surface area contributed by atoms with Crippen LogP contribution in [-0.2, 0) is 5.41 Å². The Balaban J connectivity index is 1.54. The maximum Gasteiger partial charge on any atom is 0.263 e. The van der Waals surface area contributed by atoms with Gasteiger partial charge >= 0.3 is 0 Å². The third-order valence-electron chi connectivity index (χ3n) is 5.30. The molecule has 3 aromatic rings. The first-order valence-corrected chi connectivity index (χ1v) is 9.91. The molecule has 4 rings (SSSR count). The molecule has 0 unspecified atom stereocenters. The summed E-state index contributed by atoms with van der Waals surface area (Å²) in [4.78, 5) is 13.4. The number of nitrogens with one attached hydrogen (secondary N) is 1. The second kappa shape index (κ2) is 7.56. The topological polar surface area (TPSA) is 72.7 Å². The Bertz CT molecular complexity index is 901. The van der Waals surface area contributed by atoms with E-state index >= 15 is 0 Å². The smallest absolute Gasteiger partial charge is 0.263 e. The number of carbonyl (C=O) groups excluding carboxylic acids is 1. The van der Waals surface area contributed by atoms with Crippen molar-refractivity contribution in [1.29, 1.82) is 0 Å². The summed E-state index contributed by atoms with van der Waals surface area (Å²) in [6.45, 7) is 0.532. The van der Waals surface area contributed by atoms with E-state index in [4.69, 9.17) is 0 Å². The van der Waals surface area contributed by atoms with Gasteiger partial charge in [-0.1, -0.05) is 31.4 Å². The summed E-state index contributed by atoms with van der Waals surface area (Å²) < 4.78 is 14.9. The second-order valence-electron chi connectivity index (χ2n) is 6.92. The van der Waals surface area contributed by atoms with Crippen molar-refractivity contribution in [3.63, 3.8) is 0 Å². The van der Waals surface area contributed by atoms with Crippen LogP contribution < -0.4 is 5.32 Å². The van der Waals surface area contributed by atoms with Crippen LogP contribution in [0.4, 0.5) is 4.39 Å². The van der Waals surface area contributed by atoms with Crippen molar-refractivity contribution in [2.45, 2.75) is 37.5 Å². The summed E-state index contributed by atoms with van der Waals surface area (Å²) >= 11 is 1.36. The Morgan fingerprint density at radius 1 is 1.19 bits per heavy atom. The largest absolute Gasteiger partial charge is 0.350 e. The van der Waals surface area contributed by atoms with Gasteiger partial charge in [0.25, 0.3) is 5.91 Å². The molecule has 1 aromatic carbocycles. The number of benzene rings is 1. The third-order valence-corrected chi connectivity index (χ3v) is 6.20. The molecule has 27 heavy (non-hydrogen) atoms. The molecule has 0 aliphatic heterocycles. The maximum absolute atomic E-state index is 13.4. The highest BCUT2D eigenvalue weighted by Gasteiger charge is 2.34. The lowest BCUT2D eigenvalue weighted by molar-refractivity contribution is 0.0940. The Hall–Kier alpha value is -2.61. The van der Waals surface area contributed by atoms with Crippen molar-refractivity contribution in [3.05, 3.63) is 58.3 Å². The monoisotopic (exact) mass is 385 g/mol. The average molecular weight is 385 g/mol. The summed E-state index contributed by atoms with van der Waals surface area (Å²) in [7, 11) is 0. The van der Waals surface area contributed by atoms with Gasteiger partial charge in [-0.3, -0.25) is 4.79 Å². The number of hydrogen-bond acceptors (Lipinski definition) is 5. The Morgan fingerprint density at radius 2 is 1.96 bits per heavy atom. The lowest BCUT2D eigenvalue weighted by atomic mass is 9.69. The third kappa shape index (κ3) is 3.62. The Morgan fingerprint density at radius 3 is 2.67 bits per heavy atom. The van der Waals surface area contributed by atoms with E-state index in [2.05, 4.69) is 20.8 Å². The van der Waals surface area contributed by atoms with Crippen LogP contribution in [-0.4, -0.2) is 32.7 Å². The molecule has 1 N–H and O–H groups in total. The van der Waals surface area contributed by atoms with E-state index in [1.54, 1.807) is 0 Å². The number of hydrogen-bond donors (Lipinski definition) is 1. The molecule has 1 aliphatic carbocycles. The van der Waals surface area contributed by atoms with Crippen molar-refractivity contribution in [3.8, 4) is 5.69 Å². The standard InChI is InChI=1S/C19H20FN5OS/c20-15-6-4-14(5-7-15)19(9-2-1-3-10-19)12-21-18(26)17-16(8-11-27-17)25-13-22-23-24-25/h4-8,11,13H,1-3,9-10,12H2,(H,21,26). The van der Waals surface area contributed by atoms with Gasteiger partial charge in [-0.15, -0.1) is 16.4 Å². The highest BCUT2D eigenvalue weighted by molar-refractivity contribution is 7.12. The van der Waals surface area contributed by atoms with E-state index < -0.39 is 0 Å². The lowest BCUT2D eigenvalue weighted by Crippen LogP contribution is -2.42. The molecule has 0 saturated heterocycles. The van der Waals surface area contributed by atoms with E-state index in [1.807, 2.05) is 23.6 Å². The normalized spacial score (nSPS) is 16.2. The predicted molar refractivity (Wildman–Crippen MR) is 101 cm³/mol. The van der Waals surface area contributed by atoms with Gasteiger partial charge in [0.05, 0.1) is 5.69 Å². The van der Waals surface area contributed by atoms with Crippen LogP contribution in [0.15, 0.2) is 42.0 Å². The lowest BCUT2D eigenvalue weighted by Gasteiger charge is -2.38. The van der Waals surface area contributed by atoms with Crippen LogP contribution in [0.3, 0.4) is 0 Å². The first-order valence-electron chi connectivity index (χ1n) is 9.03. The number of nitrogens with zero attached hydrogens (tertiary/aromatic N) is 4. The minimum atomic E-state index is -0.238. The molecule has 1 aliphatic rings. The van der Waals surface area contributed by atoms with Gasteiger partial charge in [0.2, 0.25) is 0 Å². The average Bonchev–Trinajstić information content (AvgIpc) is 3.38. The number of amides is 1. The molecule has 2 heterocycles. The zero-order chi connectivity index (χ0) is 18.7. The van der Waals surface area contributed by atoms with Crippen molar-refractivity contribution in [2.24, 2.45) is 0 Å². The van der Waals surface area contributed by atoms with Gasteiger partial charge in [-0.2, -0.15) is 4.68 Å². The van der Waals surface area contributed by atoms with Crippen molar-refractivity contribution in [1.82, 2.24) is 25.5 Å². The van der Waals surface area contributed by atoms with E-state index in [0.717, 1.165) is 31.2 Å². The molecule has 8 heteroatoms. The molecule has 0 radical (unpaired) electrons. The van der Waals surface area contributed by atoms with Gasteiger partial charge < -0.3 is 5.32 Å². The first kappa shape index (κ1) is 17.8. The minimum absolute atomic E-state index is 0.137. The fraction of sp³-hybridized carbons (Fsp3) is 0.368. The molecule has 0 atom stereocenters. The van der Waals surface area contributed by atoms with E-state index in [1.165, 1.54) is 40.9 Å². The number of tetrazole rings is 1. The maximum atomic E-state index is 13.4. The summed E-state index contributed by atoms with van der Waals surface area (Å²) in [5.41, 5.74) is 1.62. The quantitative estimate of drug-likeness (QED) is 0.730. The zero-order valence-electron chi connectivity index (χ0n) is 14.8. The number of carbonyl (C=O) groups is 1. The van der Waals surface area contributed by atoms with Gasteiger partial charge in [0, 0.05) is 12.0 Å². The van der Waals surface area contributed by atoms with Crippen molar-refractivity contribution < 1.29 is 9.18 Å². The molecular formula is C19H20FN5OS. The molecule has 1 amide bonds. The van der Waals surface area contributed by atoms with Crippen LogP contribution in [0.2, 0.25) is 0 Å². The summed E-state index contributed by atoms with van der Waals surface area (Å²) in [6.07, 6.45) is 6.88. The molecule has 0 spiro atoms. The van der Waals surface area contributed by atoms with Crippen LogP contribution in [0.5, 0.6) is 0 Å². The van der Waals surface area contributed by atoms with Gasteiger partial charge in [-0.25, -0.2) is 4.39 Å². The predicted octanol–water partition coefficient (Wildman–Crippen LogP) is 3.49. The van der Waals surface area contributed by atoms with Crippen LogP contribution in [0.1, 0.15) is 47.3 Å². The summed E-state index contributed by atoms with van der Waals surface area (Å²) in [5, 5.41) is 16.1. The highest BCUT2D eigenvalue weighted by atomic mass is 32.1. The fourth-order valence-electron chi connectivity index (χ4n) is 3.85. The Labute approximate surface area is 160 Å². The minimum Gasteiger partial charge on any atom is -0.350 e. The number of aromatic nitrogens is 4. The number of thiophene rings is 1. The number of rotatable bonds is 5. The van der Waals surface area contributed by atoms with E-state index in [9.17, 15) is 9.18 Å². The van der Waals surface area contributed by atoms with Crippen molar-refractivity contribution in [2.75, 3.05) is 6.54 Å². The molecular weight excluding hydrogens is 365 g/mol. The highest BCUT2D eigenvalue weighted by Crippen LogP contribution is 2.39. The first-order chi connectivity index (χ1) is 13.2. The van der Waals surface area contributed by atoms with Crippen LogP contribution in [0.25, 0.3) is 5.69 Å². The van der Waals surface area contributed by atoms with Gasteiger partial charge in [0.15, 0.2) is 0 Å². The molecule has 140 valence electrons. The van der Waals surface area contributed by atoms with E-state index in [-0.39, 0.29) is 17.1 Å². The van der Waals surface area contributed by atoms with Gasteiger partial charge in [-0.05, 0) is 52.4 Å². The van der Waals surface area contributed by atoms with E-state index in [0.29, 0.717) is 17.1 Å². The molecule has 6 nitrogen and oxygen atoms in total. The number of halogens is 1.